The van der Waals surface area contributed by atoms with Crippen molar-refractivity contribution >= 4 is 11.2 Å². The van der Waals surface area contributed by atoms with Crippen molar-refractivity contribution in [2.24, 2.45) is 0 Å². The molecule has 8 heteroatoms. The van der Waals surface area contributed by atoms with Gasteiger partial charge in [0, 0.05) is 21.3 Å². The van der Waals surface area contributed by atoms with Crippen LogP contribution in [0.5, 0.6) is 0 Å². The second-order valence-electron chi connectivity index (χ2n) is 4.84. The van der Waals surface area contributed by atoms with E-state index in [1.807, 2.05) is 0 Å². The quantitative estimate of drug-likeness (QED) is 0.804. The highest BCUT2D eigenvalue weighted by Gasteiger charge is 2.46. The minimum absolute atomic E-state index is 0.403. The lowest BCUT2D eigenvalue weighted by atomic mass is 10.1. The molecule has 22 heavy (non-hydrogen) atoms. The van der Waals surface area contributed by atoms with Crippen LogP contribution in [0.2, 0.25) is 0 Å². The number of hydrogen-bond acceptors (Lipinski definition) is 7. The second kappa shape index (κ2) is 6.25. The minimum Gasteiger partial charge on any atom is -0.382 e. The Bertz CT molecular complexity index is 814. The molecule has 0 aromatic carbocycles. The Morgan fingerprint density at radius 1 is 1.32 bits per heavy atom. The van der Waals surface area contributed by atoms with Crippen molar-refractivity contribution in [2.75, 3.05) is 27.8 Å². The summed E-state index contributed by atoms with van der Waals surface area (Å²) in [5, 5.41) is 0. The highest BCUT2D eigenvalue weighted by molar-refractivity contribution is 5.72. The average Bonchev–Trinajstić information content (AvgIpc) is 3.15. The first-order chi connectivity index (χ1) is 12.6. The van der Waals surface area contributed by atoms with Crippen LogP contribution in [-0.4, -0.2) is 65.6 Å². The van der Waals surface area contributed by atoms with Crippen LogP contribution < -0.4 is 0 Å². The topological polar surface area (TPSA) is 80.5 Å². The number of hydrogen-bond donors (Lipinski definition) is 0. The van der Waals surface area contributed by atoms with E-state index in [0.29, 0.717) is 16.9 Å². The van der Waals surface area contributed by atoms with E-state index in [1.165, 1.54) is 31.4 Å². The molecule has 3 rings (SSSR count). The van der Waals surface area contributed by atoms with Gasteiger partial charge < -0.3 is 18.9 Å². The lowest BCUT2D eigenvalue weighted by Crippen LogP contribution is -2.36. The Kier molecular flexibility index (Phi) is 2.90. The molecule has 0 saturated carbocycles. The number of ether oxygens (including phenoxy) is 4. The molecule has 120 valence electrons. The van der Waals surface area contributed by atoms with Crippen molar-refractivity contribution in [3.8, 4) is 0 Å². The van der Waals surface area contributed by atoms with Gasteiger partial charge in [0.05, 0.1) is 25.4 Å². The van der Waals surface area contributed by atoms with E-state index < -0.39 is 38.1 Å². The van der Waals surface area contributed by atoms with Crippen molar-refractivity contribution in [2.45, 2.75) is 31.5 Å². The van der Waals surface area contributed by atoms with Gasteiger partial charge in [-0.1, -0.05) is 0 Å². The molecule has 1 aliphatic heterocycles. The van der Waals surface area contributed by atoms with E-state index in [1.54, 1.807) is 6.92 Å². The summed E-state index contributed by atoms with van der Waals surface area (Å²) in [6.45, 7) is -0.481. The third-order valence-corrected chi connectivity index (χ3v) is 3.65. The van der Waals surface area contributed by atoms with Crippen LogP contribution in [0.3, 0.4) is 0 Å². The first kappa shape index (κ1) is 10.2. The Labute approximate surface area is 135 Å². The van der Waals surface area contributed by atoms with Gasteiger partial charge in [-0.3, -0.25) is 4.57 Å². The molecule has 0 spiro atoms. The highest BCUT2D eigenvalue weighted by atomic mass is 16.6. The van der Waals surface area contributed by atoms with Gasteiger partial charge in [0.25, 0.3) is 0 Å². The number of rotatable bonds is 5. The fraction of sp³-hybridized carbons (Fsp3) is 0.643. The number of aromatic nitrogens is 4. The summed E-state index contributed by atoms with van der Waals surface area (Å²) in [6, 6.07) is 0. The summed E-state index contributed by atoms with van der Waals surface area (Å²) in [4.78, 5) is 12.5. The Hall–Kier alpha value is -1.61. The molecule has 0 unspecified atom stereocenters. The van der Waals surface area contributed by atoms with Gasteiger partial charge in [0.2, 0.25) is 0 Å². The fourth-order valence-corrected chi connectivity index (χ4v) is 2.61. The monoisotopic (exact) mass is 313 g/mol. The van der Waals surface area contributed by atoms with Gasteiger partial charge in [-0.25, -0.2) is 15.0 Å². The molecule has 0 N–H and O–H groups in total. The van der Waals surface area contributed by atoms with Crippen LogP contribution in [0.15, 0.2) is 12.7 Å². The average molecular weight is 313 g/mol. The van der Waals surface area contributed by atoms with E-state index in [0.717, 1.165) is 0 Å². The molecule has 3 heterocycles. The molecule has 0 amide bonds. The van der Waals surface area contributed by atoms with Crippen molar-refractivity contribution in [1.82, 2.24) is 19.5 Å². The first-order valence-corrected chi connectivity index (χ1v) is 6.64. The Morgan fingerprint density at radius 2 is 2.18 bits per heavy atom. The van der Waals surface area contributed by atoms with Crippen molar-refractivity contribution in [3.63, 3.8) is 0 Å². The first-order valence-electron chi connectivity index (χ1n) is 9.14. The molecular formula is C14H20N4O4. The fourth-order valence-electron chi connectivity index (χ4n) is 2.61. The Morgan fingerprint density at radius 3 is 2.91 bits per heavy atom. The zero-order chi connectivity index (χ0) is 20.0. The smallest absolute Gasteiger partial charge is 0.166 e. The number of methoxy groups -OCH3 is 3. The summed E-state index contributed by atoms with van der Waals surface area (Å²) in [5.74, 6) is 0. The third kappa shape index (κ3) is 2.38. The zero-order valence-corrected chi connectivity index (χ0v) is 12.4. The molecule has 0 aliphatic carbocycles. The maximum absolute atomic E-state index is 8.03. The SMILES string of the molecule is [2H]C([2H])([2H])O[C@@H]1[C@H](OC)[C@@H](C([2H])([2H])OC)O[C@H]1n1cnc2c(C)ncnc21. The van der Waals surface area contributed by atoms with E-state index >= 15 is 0 Å². The number of imidazole rings is 1. The summed E-state index contributed by atoms with van der Waals surface area (Å²) in [5.41, 5.74) is 1.55. The standard InChI is InChI=1S/C14H20N4O4/c1-8-10-13(16-6-15-8)18(7-17-10)14-12(21-4)11(20-3)9(22-14)5-19-2/h6-7,9,11-12,14H,5H2,1-4H3/t9-,11-,12-,14-/m1/s1/i4D3,5D2. The van der Waals surface area contributed by atoms with Crippen LogP contribution in [-0.2, 0) is 18.9 Å². The Balaban J connectivity index is 2.08. The van der Waals surface area contributed by atoms with Crippen LogP contribution in [0.25, 0.3) is 11.2 Å². The molecule has 1 fully saturated rings. The van der Waals surface area contributed by atoms with E-state index in [2.05, 4.69) is 15.0 Å². The largest absolute Gasteiger partial charge is 0.382 e. The summed E-state index contributed by atoms with van der Waals surface area (Å²) >= 11 is 0. The van der Waals surface area contributed by atoms with Gasteiger partial charge in [-0.05, 0) is 6.92 Å². The molecule has 2 aromatic rings. The number of aryl methyl sites for hydroxylation is 1. The van der Waals surface area contributed by atoms with E-state index in [4.69, 9.17) is 25.8 Å². The van der Waals surface area contributed by atoms with E-state index in [9.17, 15) is 0 Å². The number of fused-ring (bicyclic) bond motifs is 1. The van der Waals surface area contributed by atoms with Gasteiger partial charge in [0.15, 0.2) is 11.9 Å². The van der Waals surface area contributed by atoms with Crippen molar-refractivity contribution < 1.29 is 25.8 Å². The molecular weight excluding hydrogens is 288 g/mol. The predicted octanol–water partition coefficient (Wildman–Crippen LogP) is 0.709. The maximum Gasteiger partial charge on any atom is 0.166 e. The van der Waals surface area contributed by atoms with Crippen molar-refractivity contribution in [1.29, 1.82) is 0 Å². The minimum atomic E-state index is -2.75. The number of nitrogens with zero attached hydrogens (tertiary/aromatic N) is 4. The van der Waals surface area contributed by atoms with Gasteiger partial charge in [-0.2, -0.15) is 0 Å². The molecule has 4 atom stereocenters. The van der Waals surface area contributed by atoms with Crippen molar-refractivity contribution in [3.05, 3.63) is 18.3 Å². The predicted molar refractivity (Wildman–Crippen MR) is 77.4 cm³/mol. The van der Waals surface area contributed by atoms with Crippen LogP contribution in [0.1, 0.15) is 18.8 Å². The van der Waals surface area contributed by atoms with Crippen LogP contribution in [0.4, 0.5) is 0 Å². The van der Waals surface area contributed by atoms with Gasteiger partial charge in [-0.15, -0.1) is 0 Å². The molecule has 2 aromatic heterocycles. The molecule has 8 nitrogen and oxygen atoms in total. The van der Waals surface area contributed by atoms with Gasteiger partial charge >= 0.3 is 0 Å². The van der Waals surface area contributed by atoms with Crippen LogP contribution in [0, 0.1) is 6.92 Å². The van der Waals surface area contributed by atoms with Gasteiger partial charge in [0.1, 0.15) is 30.2 Å². The lowest BCUT2D eigenvalue weighted by Gasteiger charge is -2.21. The van der Waals surface area contributed by atoms with Crippen LogP contribution >= 0.6 is 0 Å². The highest BCUT2D eigenvalue weighted by Crippen LogP contribution is 2.34. The normalized spacial score (nSPS) is 33.1. The lowest BCUT2D eigenvalue weighted by molar-refractivity contribution is -0.0636. The maximum atomic E-state index is 8.03. The molecule has 1 saturated heterocycles. The summed E-state index contributed by atoms with van der Waals surface area (Å²) in [7, 11) is -0.241. The third-order valence-electron chi connectivity index (χ3n) is 3.65. The zero-order valence-electron chi connectivity index (χ0n) is 17.4. The molecule has 1 aliphatic rings. The molecule has 0 bridgehead atoms. The summed E-state index contributed by atoms with van der Waals surface area (Å²) < 4.78 is 61.2. The summed E-state index contributed by atoms with van der Waals surface area (Å²) in [6.07, 6.45) is -1.74. The second-order valence-corrected chi connectivity index (χ2v) is 4.84. The van der Waals surface area contributed by atoms with E-state index in [-0.39, 0.29) is 0 Å². The molecule has 0 radical (unpaired) electrons.